The molecule has 0 aromatic heterocycles. The smallest absolute Gasteiger partial charge is 0.221 e. The molecule has 3 rings (SSSR count). The number of rotatable bonds is 3. The maximum atomic E-state index is 11.1. The van der Waals surface area contributed by atoms with Crippen molar-refractivity contribution in [3.05, 3.63) is 29.3 Å². The fourth-order valence-corrected chi connectivity index (χ4v) is 2.74. The van der Waals surface area contributed by atoms with Crippen LogP contribution in [-0.2, 0) is 17.8 Å². The number of nitrogens with one attached hydrogen (secondary N) is 2. The van der Waals surface area contributed by atoms with Crippen molar-refractivity contribution < 1.29 is 4.79 Å². The number of amides is 1. The number of nitrogens with zero attached hydrogens (tertiary/aromatic N) is 1. The van der Waals surface area contributed by atoms with Gasteiger partial charge >= 0.3 is 0 Å². The summed E-state index contributed by atoms with van der Waals surface area (Å²) in [5, 5.41) is 6.28. The second-order valence-electron chi connectivity index (χ2n) is 5.22. The number of hydrogen-bond donors (Lipinski definition) is 2. The maximum Gasteiger partial charge on any atom is 0.221 e. The molecule has 2 aliphatic rings. The van der Waals surface area contributed by atoms with E-state index in [0.29, 0.717) is 6.42 Å². The van der Waals surface area contributed by atoms with Gasteiger partial charge in [-0.05, 0) is 23.6 Å². The van der Waals surface area contributed by atoms with Gasteiger partial charge in [-0.1, -0.05) is 12.1 Å². The Balaban J connectivity index is 1.62. The Labute approximate surface area is 107 Å². The second-order valence-corrected chi connectivity index (χ2v) is 5.22. The van der Waals surface area contributed by atoms with Crippen molar-refractivity contribution in [2.24, 2.45) is 0 Å². The van der Waals surface area contributed by atoms with Gasteiger partial charge in [-0.2, -0.15) is 0 Å². The highest BCUT2D eigenvalue weighted by molar-refractivity contribution is 5.78. The fraction of sp³-hybridized carbons (Fsp3) is 0.500. The molecule has 0 saturated carbocycles. The van der Waals surface area contributed by atoms with E-state index in [1.165, 1.54) is 16.8 Å². The molecule has 0 spiro atoms. The zero-order chi connectivity index (χ0) is 12.5. The summed E-state index contributed by atoms with van der Waals surface area (Å²) in [4.78, 5) is 13.4. The van der Waals surface area contributed by atoms with Crippen LogP contribution in [0.3, 0.4) is 0 Å². The molecule has 18 heavy (non-hydrogen) atoms. The first kappa shape index (κ1) is 11.5. The van der Waals surface area contributed by atoms with E-state index in [4.69, 9.17) is 0 Å². The van der Waals surface area contributed by atoms with Gasteiger partial charge in [0.2, 0.25) is 5.91 Å². The summed E-state index contributed by atoms with van der Waals surface area (Å²) >= 11 is 0. The minimum absolute atomic E-state index is 0.156. The van der Waals surface area contributed by atoms with Crippen molar-refractivity contribution in [3.8, 4) is 0 Å². The van der Waals surface area contributed by atoms with Gasteiger partial charge in [0.25, 0.3) is 0 Å². The van der Waals surface area contributed by atoms with E-state index in [-0.39, 0.29) is 11.9 Å². The second kappa shape index (κ2) is 4.61. The lowest BCUT2D eigenvalue weighted by Gasteiger charge is -2.13. The summed E-state index contributed by atoms with van der Waals surface area (Å²) in [5.41, 5.74) is 4.11. The Morgan fingerprint density at radius 1 is 1.50 bits per heavy atom. The molecule has 1 aromatic carbocycles. The predicted octanol–water partition coefficient (Wildman–Crippen LogP) is 0.657. The molecular formula is C14H19N3O. The maximum absolute atomic E-state index is 11.1. The lowest BCUT2D eigenvalue weighted by atomic mass is 10.1. The van der Waals surface area contributed by atoms with Crippen LogP contribution in [0.4, 0.5) is 5.69 Å². The molecule has 0 radical (unpaired) electrons. The molecule has 4 nitrogen and oxygen atoms in total. The van der Waals surface area contributed by atoms with Gasteiger partial charge in [0.15, 0.2) is 0 Å². The van der Waals surface area contributed by atoms with Crippen LogP contribution in [0.2, 0.25) is 0 Å². The van der Waals surface area contributed by atoms with Gasteiger partial charge < -0.3 is 15.5 Å². The van der Waals surface area contributed by atoms with E-state index in [2.05, 4.69) is 40.8 Å². The molecule has 1 atom stereocenters. The minimum atomic E-state index is 0.156. The quantitative estimate of drug-likeness (QED) is 0.822. The fourth-order valence-electron chi connectivity index (χ4n) is 2.74. The molecule has 96 valence electrons. The number of carbonyl (C=O) groups excluding carboxylic acids is 1. The Hall–Kier alpha value is -1.55. The molecule has 2 heterocycles. The van der Waals surface area contributed by atoms with E-state index in [9.17, 15) is 4.79 Å². The van der Waals surface area contributed by atoms with Crippen LogP contribution in [0.5, 0.6) is 0 Å². The van der Waals surface area contributed by atoms with Gasteiger partial charge in [0.1, 0.15) is 0 Å². The summed E-state index contributed by atoms with van der Waals surface area (Å²) in [6.07, 6.45) is 1.75. The lowest BCUT2D eigenvalue weighted by Crippen LogP contribution is -2.30. The number of likely N-dealkylation sites (N-methyl/N-ethyl adjacent to an activating group) is 1. The summed E-state index contributed by atoms with van der Waals surface area (Å²) in [7, 11) is 2.14. The predicted molar refractivity (Wildman–Crippen MR) is 71.7 cm³/mol. The molecule has 2 aliphatic heterocycles. The molecule has 0 aliphatic carbocycles. The van der Waals surface area contributed by atoms with Gasteiger partial charge in [-0.15, -0.1) is 0 Å². The van der Waals surface area contributed by atoms with E-state index < -0.39 is 0 Å². The number of benzene rings is 1. The molecule has 1 unspecified atom stereocenters. The number of fused-ring (bicyclic) bond motifs is 1. The van der Waals surface area contributed by atoms with Crippen LogP contribution in [0.15, 0.2) is 18.2 Å². The largest absolute Gasteiger partial charge is 0.374 e. The average molecular weight is 245 g/mol. The van der Waals surface area contributed by atoms with Crippen molar-refractivity contribution in [2.75, 3.05) is 25.0 Å². The van der Waals surface area contributed by atoms with Crippen LogP contribution < -0.4 is 15.5 Å². The van der Waals surface area contributed by atoms with Crippen LogP contribution in [0.1, 0.15) is 17.5 Å². The molecular weight excluding hydrogens is 226 g/mol. The number of anilines is 1. The first-order valence-electron chi connectivity index (χ1n) is 6.55. The molecule has 0 bridgehead atoms. The third kappa shape index (κ3) is 2.20. The molecule has 1 fully saturated rings. The third-order valence-electron chi connectivity index (χ3n) is 3.84. The zero-order valence-electron chi connectivity index (χ0n) is 10.7. The Morgan fingerprint density at radius 3 is 3.17 bits per heavy atom. The summed E-state index contributed by atoms with van der Waals surface area (Å²) in [6, 6.07) is 6.96. The molecule has 4 heteroatoms. The van der Waals surface area contributed by atoms with Crippen LogP contribution in [-0.4, -0.2) is 32.1 Å². The monoisotopic (exact) mass is 245 g/mol. The van der Waals surface area contributed by atoms with E-state index in [0.717, 1.165) is 26.1 Å². The van der Waals surface area contributed by atoms with E-state index >= 15 is 0 Å². The highest BCUT2D eigenvalue weighted by Crippen LogP contribution is 2.27. The highest BCUT2D eigenvalue weighted by Gasteiger charge is 2.21. The van der Waals surface area contributed by atoms with Gasteiger partial charge in [-0.25, -0.2) is 0 Å². The Bertz CT molecular complexity index is 472. The Kier molecular flexibility index (Phi) is 2.96. The SMILES string of the molecule is CN1CCc2cc(CNC3CNC(=O)C3)ccc21. The van der Waals surface area contributed by atoms with Crippen LogP contribution in [0, 0.1) is 0 Å². The molecule has 2 N–H and O–H groups in total. The minimum Gasteiger partial charge on any atom is -0.374 e. The summed E-state index contributed by atoms with van der Waals surface area (Å²) < 4.78 is 0. The summed E-state index contributed by atoms with van der Waals surface area (Å²) in [6.45, 7) is 2.72. The van der Waals surface area contributed by atoms with Crippen molar-refractivity contribution in [1.29, 1.82) is 0 Å². The first-order valence-corrected chi connectivity index (χ1v) is 6.55. The van der Waals surface area contributed by atoms with Gasteiger partial charge in [0, 0.05) is 44.8 Å². The van der Waals surface area contributed by atoms with E-state index in [1.54, 1.807) is 0 Å². The first-order chi connectivity index (χ1) is 8.72. The summed E-state index contributed by atoms with van der Waals surface area (Å²) in [5.74, 6) is 0.156. The topological polar surface area (TPSA) is 44.4 Å². The highest BCUT2D eigenvalue weighted by atomic mass is 16.1. The standard InChI is InChI=1S/C14H19N3O/c1-17-5-4-11-6-10(2-3-13(11)17)8-15-12-7-14(18)16-9-12/h2-3,6,12,15H,4-5,7-9H2,1H3,(H,16,18). The third-order valence-corrected chi connectivity index (χ3v) is 3.84. The van der Waals surface area contributed by atoms with Crippen LogP contribution in [0.25, 0.3) is 0 Å². The van der Waals surface area contributed by atoms with E-state index in [1.807, 2.05) is 0 Å². The van der Waals surface area contributed by atoms with Crippen LogP contribution >= 0.6 is 0 Å². The Morgan fingerprint density at radius 2 is 2.39 bits per heavy atom. The van der Waals surface area contributed by atoms with Crippen molar-refractivity contribution in [2.45, 2.75) is 25.4 Å². The normalized spacial score (nSPS) is 22.2. The number of hydrogen-bond acceptors (Lipinski definition) is 3. The van der Waals surface area contributed by atoms with Gasteiger partial charge in [0.05, 0.1) is 0 Å². The molecule has 1 amide bonds. The molecule has 1 saturated heterocycles. The number of carbonyl (C=O) groups is 1. The van der Waals surface area contributed by atoms with Crippen molar-refractivity contribution in [3.63, 3.8) is 0 Å². The lowest BCUT2D eigenvalue weighted by molar-refractivity contribution is -0.119. The zero-order valence-corrected chi connectivity index (χ0v) is 10.7. The van der Waals surface area contributed by atoms with Gasteiger partial charge in [-0.3, -0.25) is 4.79 Å². The average Bonchev–Trinajstić information content (AvgIpc) is 2.94. The van der Waals surface area contributed by atoms with Crippen molar-refractivity contribution in [1.82, 2.24) is 10.6 Å². The molecule has 1 aromatic rings. The van der Waals surface area contributed by atoms with Crippen molar-refractivity contribution >= 4 is 11.6 Å².